The van der Waals surface area contributed by atoms with E-state index in [-0.39, 0.29) is 11.1 Å². The largest absolute Gasteiger partial charge is 0.338 e. The van der Waals surface area contributed by atoms with Crippen molar-refractivity contribution in [3.05, 3.63) is 83.7 Å². The number of hydrogen-bond donors (Lipinski definition) is 2. The number of nitrogens with one attached hydrogen (secondary N) is 2. The van der Waals surface area contributed by atoms with Crippen LogP contribution in [0.25, 0.3) is 22.4 Å². The summed E-state index contributed by atoms with van der Waals surface area (Å²) in [5.41, 5.74) is 3.27. The van der Waals surface area contributed by atoms with E-state index in [1.807, 2.05) is 42.5 Å². The molecule has 3 aromatic carbocycles. The maximum atomic E-state index is 14.0. The molecule has 27 heavy (non-hydrogen) atoms. The van der Waals surface area contributed by atoms with Gasteiger partial charge in [0.15, 0.2) is 0 Å². The van der Waals surface area contributed by atoms with Crippen LogP contribution in [0, 0.1) is 17.1 Å². The van der Waals surface area contributed by atoms with Crippen LogP contribution in [0.4, 0.5) is 10.1 Å². The zero-order valence-corrected chi connectivity index (χ0v) is 14.0. The lowest BCUT2D eigenvalue weighted by Gasteiger charge is -2.07. The standard InChI is InChI=1S/C21H13FN4O/c22-17-11-13(12-23)5-10-16(17)21(27)24-15-8-6-14(7-9-15)20-25-18-3-1-2-4-19(18)26-20/h1-11H,(H,24,27)(H,25,26). The average molecular weight is 356 g/mol. The summed E-state index contributed by atoms with van der Waals surface area (Å²) in [5, 5.41) is 11.4. The smallest absolute Gasteiger partial charge is 0.258 e. The highest BCUT2D eigenvalue weighted by atomic mass is 19.1. The van der Waals surface area contributed by atoms with Crippen molar-refractivity contribution in [1.29, 1.82) is 5.26 Å². The van der Waals surface area contributed by atoms with Crippen LogP contribution in [0.1, 0.15) is 15.9 Å². The molecule has 0 fully saturated rings. The minimum Gasteiger partial charge on any atom is -0.338 e. The first kappa shape index (κ1) is 16.5. The van der Waals surface area contributed by atoms with E-state index in [4.69, 9.17) is 5.26 Å². The Morgan fingerprint density at radius 2 is 1.85 bits per heavy atom. The summed E-state index contributed by atoms with van der Waals surface area (Å²) in [5.74, 6) is -0.578. The maximum Gasteiger partial charge on any atom is 0.258 e. The van der Waals surface area contributed by atoms with Gasteiger partial charge in [0.2, 0.25) is 0 Å². The number of carbonyl (C=O) groups excluding carboxylic acids is 1. The van der Waals surface area contributed by atoms with Gasteiger partial charge in [0, 0.05) is 11.3 Å². The quantitative estimate of drug-likeness (QED) is 0.567. The number of para-hydroxylation sites is 2. The predicted octanol–water partition coefficient (Wildman–Crippen LogP) is 4.49. The number of benzene rings is 3. The lowest BCUT2D eigenvalue weighted by molar-refractivity contribution is 0.102. The monoisotopic (exact) mass is 356 g/mol. The highest BCUT2D eigenvalue weighted by Crippen LogP contribution is 2.22. The second-order valence-electron chi connectivity index (χ2n) is 5.94. The van der Waals surface area contributed by atoms with Crippen LogP contribution in [0.3, 0.4) is 0 Å². The Kier molecular flexibility index (Phi) is 4.11. The number of fused-ring (bicyclic) bond motifs is 1. The van der Waals surface area contributed by atoms with E-state index in [0.29, 0.717) is 5.69 Å². The lowest BCUT2D eigenvalue weighted by atomic mass is 10.1. The summed E-state index contributed by atoms with van der Waals surface area (Å²) in [6, 6.07) is 20.4. The molecule has 0 atom stereocenters. The van der Waals surface area contributed by atoms with Crippen molar-refractivity contribution in [1.82, 2.24) is 9.97 Å². The van der Waals surface area contributed by atoms with Crippen LogP contribution < -0.4 is 5.32 Å². The first-order chi connectivity index (χ1) is 13.1. The van der Waals surface area contributed by atoms with Gasteiger partial charge in [-0.15, -0.1) is 0 Å². The fraction of sp³-hybridized carbons (Fsp3) is 0. The molecule has 4 aromatic rings. The van der Waals surface area contributed by atoms with Crippen LogP contribution in [-0.4, -0.2) is 15.9 Å². The van der Waals surface area contributed by atoms with Gasteiger partial charge >= 0.3 is 0 Å². The van der Waals surface area contributed by atoms with E-state index in [2.05, 4.69) is 15.3 Å². The molecule has 0 saturated carbocycles. The first-order valence-corrected chi connectivity index (χ1v) is 8.20. The zero-order chi connectivity index (χ0) is 18.8. The van der Waals surface area contributed by atoms with Gasteiger partial charge in [0.1, 0.15) is 11.6 Å². The van der Waals surface area contributed by atoms with Gasteiger partial charge < -0.3 is 10.3 Å². The molecular weight excluding hydrogens is 343 g/mol. The predicted molar refractivity (Wildman–Crippen MR) is 101 cm³/mol. The van der Waals surface area contributed by atoms with Gasteiger partial charge in [-0.25, -0.2) is 9.37 Å². The summed E-state index contributed by atoms with van der Waals surface area (Å²) < 4.78 is 14.0. The fourth-order valence-corrected chi connectivity index (χ4v) is 2.77. The van der Waals surface area contributed by atoms with Gasteiger partial charge in [-0.1, -0.05) is 12.1 Å². The SMILES string of the molecule is N#Cc1ccc(C(=O)Nc2ccc(-c3nc4ccccc4[nH]3)cc2)c(F)c1. The Bertz CT molecular complexity index is 1160. The molecule has 0 saturated heterocycles. The van der Waals surface area contributed by atoms with Crippen LogP contribution in [0.2, 0.25) is 0 Å². The molecule has 2 N–H and O–H groups in total. The number of aromatic amines is 1. The van der Waals surface area contributed by atoms with E-state index >= 15 is 0 Å². The molecule has 0 spiro atoms. The normalized spacial score (nSPS) is 10.5. The molecule has 0 aliphatic carbocycles. The molecule has 1 amide bonds. The zero-order valence-electron chi connectivity index (χ0n) is 14.0. The second kappa shape index (κ2) is 6.73. The van der Waals surface area contributed by atoms with Gasteiger partial charge in [-0.2, -0.15) is 5.26 Å². The average Bonchev–Trinajstić information content (AvgIpc) is 3.12. The molecule has 0 aliphatic rings. The van der Waals surface area contributed by atoms with Gasteiger partial charge in [0.05, 0.1) is 28.2 Å². The van der Waals surface area contributed by atoms with E-state index in [1.165, 1.54) is 12.1 Å². The van der Waals surface area contributed by atoms with Crippen molar-refractivity contribution >= 4 is 22.6 Å². The highest BCUT2D eigenvalue weighted by molar-refractivity contribution is 6.04. The number of nitrogens with zero attached hydrogens (tertiary/aromatic N) is 2. The van der Waals surface area contributed by atoms with Crippen LogP contribution in [0.15, 0.2) is 66.7 Å². The molecule has 0 radical (unpaired) electrons. The van der Waals surface area contributed by atoms with E-state index in [0.717, 1.165) is 28.5 Å². The lowest BCUT2D eigenvalue weighted by Crippen LogP contribution is -2.13. The second-order valence-corrected chi connectivity index (χ2v) is 5.94. The minimum absolute atomic E-state index is 0.115. The molecule has 0 bridgehead atoms. The number of halogens is 1. The molecule has 5 nitrogen and oxygen atoms in total. The fourth-order valence-electron chi connectivity index (χ4n) is 2.77. The van der Waals surface area contributed by atoms with Crippen molar-refractivity contribution in [2.45, 2.75) is 0 Å². The summed E-state index contributed by atoms with van der Waals surface area (Å²) in [6.45, 7) is 0. The van der Waals surface area contributed by atoms with Crippen molar-refractivity contribution < 1.29 is 9.18 Å². The first-order valence-electron chi connectivity index (χ1n) is 8.20. The Labute approximate surface area is 154 Å². The number of amides is 1. The third-order valence-electron chi connectivity index (χ3n) is 4.15. The van der Waals surface area contributed by atoms with Crippen molar-refractivity contribution in [2.24, 2.45) is 0 Å². The summed E-state index contributed by atoms with van der Waals surface area (Å²) in [7, 11) is 0. The van der Waals surface area contributed by atoms with Crippen LogP contribution >= 0.6 is 0 Å². The van der Waals surface area contributed by atoms with E-state index < -0.39 is 11.7 Å². The number of carbonyl (C=O) groups is 1. The van der Waals surface area contributed by atoms with Crippen molar-refractivity contribution in [2.75, 3.05) is 5.32 Å². The molecule has 0 aliphatic heterocycles. The number of H-pyrrole nitrogens is 1. The number of imidazole rings is 1. The third kappa shape index (κ3) is 3.26. The van der Waals surface area contributed by atoms with Crippen molar-refractivity contribution in [3.63, 3.8) is 0 Å². The number of anilines is 1. The van der Waals surface area contributed by atoms with Gasteiger partial charge in [0.25, 0.3) is 5.91 Å². The number of nitriles is 1. The molecule has 0 unspecified atom stereocenters. The van der Waals surface area contributed by atoms with E-state index in [9.17, 15) is 9.18 Å². The highest BCUT2D eigenvalue weighted by Gasteiger charge is 2.13. The number of aromatic nitrogens is 2. The Morgan fingerprint density at radius 3 is 2.56 bits per heavy atom. The summed E-state index contributed by atoms with van der Waals surface area (Å²) in [4.78, 5) is 20.0. The van der Waals surface area contributed by atoms with Gasteiger partial charge in [-0.05, 0) is 54.6 Å². The molecule has 6 heteroatoms. The number of hydrogen-bond acceptors (Lipinski definition) is 3. The minimum atomic E-state index is -0.731. The molecule has 1 aromatic heterocycles. The maximum absolute atomic E-state index is 14.0. The molecule has 130 valence electrons. The van der Waals surface area contributed by atoms with E-state index in [1.54, 1.807) is 12.1 Å². The molecule has 4 rings (SSSR count). The van der Waals surface area contributed by atoms with Gasteiger partial charge in [-0.3, -0.25) is 4.79 Å². The van der Waals surface area contributed by atoms with Crippen LogP contribution in [-0.2, 0) is 0 Å². The Hall–Kier alpha value is -3.98. The molecular formula is C21H13FN4O. The topological polar surface area (TPSA) is 81.6 Å². The van der Waals surface area contributed by atoms with Crippen LogP contribution in [0.5, 0.6) is 0 Å². The Balaban J connectivity index is 1.54. The summed E-state index contributed by atoms with van der Waals surface area (Å²) >= 11 is 0. The third-order valence-corrected chi connectivity index (χ3v) is 4.15. The number of rotatable bonds is 3. The van der Waals surface area contributed by atoms with Crippen molar-refractivity contribution in [3.8, 4) is 17.5 Å². The Morgan fingerprint density at radius 1 is 1.07 bits per heavy atom. The molecule has 1 heterocycles. The summed E-state index contributed by atoms with van der Waals surface area (Å²) in [6.07, 6.45) is 0.